The van der Waals surface area contributed by atoms with Gasteiger partial charge in [0.15, 0.2) is 6.29 Å². The topological polar surface area (TPSA) is 189 Å². The van der Waals surface area contributed by atoms with Gasteiger partial charge in [0.2, 0.25) is 5.91 Å². The Hall–Kier alpha value is -1.41. The van der Waals surface area contributed by atoms with Gasteiger partial charge >= 0.3 is 0 Å². The summed E-state index contributed by atoms with van der Waals surface area (Å²) < 4.78 is 11.2. The summed E-state index contributed by atoms with van der Waals surface area (Å²) in [5, 5.41) is 76.4. The van der Waals surface area contributed by atoms with Gasteiger partial charge in [-0.2, -0.15) is 0 Å². The Balaban J connectivity index is 2.24. The maximum atomic E-state index is 13.2. The molecule has 1 rings (SSSR count). The molecule has 78 heavy (non-hydrogen) atoms. The number of unbranched alkanes of at least 4 members (excludes halogenated alkanes) is 43. The van der Waals surface area contributed by atoms with Crippen molar-refractivity contribution < 1.29 is 50.0 Å². The van der Waals surface area contributed by atoms with Gasteiger partial charge in [-0.05, 0) is 51.4 Å². The van der Waals surface area contributed by atoms with Crippen LogP contribution in [0, 0.1) is 0 Å². The lowest BCUT2D eigenvalue weighted by molar-refractivity contribution is -0.303. The van der Waals surface area contributed by atoms with Crippen molar-refractivity contribution >= 4 is 5.91 Å². The lowest BCUT2D eigenvalue weighted by atomic mass is 9.98. The van der Waals surface area contributed by atoms with Crippen LogP contribution in [0.2, 0.25) is 0 Å². The Kier molecular flexibility index (Phi) is 53.6. The van der Waals surface area contributed by atoms with Crippen molar-refractivity contribution in [2.75, 3.05) is 13.2 Å². The van der Waals surface area contributed by atoms with Crippen molar-refractivity contribution in [2.24, 2.45) is 0 Å². The summed E-state index contributed by atoms with van der Waals surface area (Å²) in [5.41, 5.74) is 0. The van der Waals surface area contributed by atoms with Crippen molar-refractivity contribution in [1.82, 2.24) is 5.32 Å². The highest BCUT2D eigenvalue weighted by atomic mass is 16.7. The minimum absolute atomic E-state index is 0.249. The van der Waals surface area contributed by atoms with E-state index in [0.717, 1.165) is 38.5 Å². The van der Waals surface area contributed by atoms with Crippen molar-refractivity contribution in [3.05, 3.63) is 24.3 Å². The molecule has 0 saturated carbocycles. The van der Waals surface area contributed by atoms with Crippen LogP contribution in [-0.4, -0.2) is 110 Å². The average Bonchev–Trinajstić information content (AvgIpc) is 3.46. The molecule has 462 valence electrons. The fraction of sp³-hybridized carbons (Fsp3) is 0.925. The van der Waals surface area contributed by atoms with Gasteiger partial charge in [-0.3, -0.25) is 4.79 Å². The van der Waals surface area contributed by atoms with E-state index in [1.54, 1.807) is 0 Å². The van der Waals surface area contributed by atoms with Crippen molar-refractivity contribution in [2.45, 2.75) is 384 Å². The van der Waals surface area contributed by atoms with Gasteiger partial charge in [0.05, 0.1) is 25.4 Å². The highest BCUT2D eigenvalue weighted by molar-refractivity contribution is 5.80. The maximum absolute atomic E-state index is 13.2. The Morgan fingerprint density at radius 2 is 0.769 bits per heavy atom. The number of carbonyl (C=O) groups is 1. The van der Waals surface area contributed by atoms with E-state index in [9.17, 15) is 40.5 Å². The van der Waals surface area contributed by atoms with E-state index in [1.807, 2.05) is 0 Å². The zero-order valence-electron chi connectivity index (χ0n) is 50.9. The van der Waals surface area contributed by atoms with Gasteiger partial charge in [-0.25, -0.2) is 0 Å². The number of allylic oxidation sites excluding steroid dienone is 4. The van der Waals surface area contributed by atoms with Crippen LogP contribution in [0.4, 0.5) is 0 Å². The van der Waals surface area contributed by atoms with Crippen LogP contribution in [0.1, 0.15) is 328 Å². The van der Waals surface area contributed by atoms with Gasteiger partial charge in [-0.15, -0.1) is 0 Å². The van der Waals surface area contributed by atoms with Crippen LogP contribution in [0.3, 0.4) is 0 Å². The predicted octanol–water partition coefficient (Wildman–Crippen LogP) is 15.6. The van der Waals surface area contributed by atoms with E-state index in [2.05, 4.69) is 43.5 Å². The number of hydrogen-bond donors (Lipinski definition) is 8. The van der Waals surface area contributed by atoms with E-state index in [-0.39, 0.29) is 12.8 Å². The summed E-state index contributed by atoms with van der Waals surface area (Å²) in [6, 6.07) is -1.19. The van der Waals surface area contributed by atoms with Crippen LogP contribution in [-0.2, 0) is 14.3 Å². The molecule has 1 fully saturated rings. The van der Waals surface area contributed by atoms with Crippen LogP contribution >= 0.6 is 0 Å². The van der Waals surface area contributed by atoms with E-state index in [4.69, 9.17) is 9.47 Å². The molecule has 1 saturated heterocycles. The highest BCUT2D eigenvalue weighted by Crippen LogP contribution is 2.24. The molecule has 1 amide bonds. The summed E-state index contributed by atoms with van der Waals surface area (Å²) in [7, 11) is 0. The molecule has 1 aliphatic heterocycles. The first kappa shape index (κ1) is 74.6. The molecule has 0 aromatic carbocycles. The van der Waals surface area contributed by atoms with Gasteiger partial charge in [0.25, 0.3) is 0 Å². The normalized spacial score (nSPS) is 19.5. The smallest absolute Gasteiger partial charge is 0.249 e. The van der Waals surface area contributed by atoms with Crippen molar-refractivity contribution in [3.8, 4) is 0 Å². The van der Waals surface area contributed by atoms with E-state index >= 15 is 0 Å². The molecule has 0 spiro atoms. The number of ether oxygens (including phenoxy) is 2. The predicted molar refractivity (Wildman–Crippen MR) is 326 cm³/mol. The van der Waals surface area contributed by atoms with Crippen molar-refractivity contribution in [3.63, 3.8) is 0 Å². The first-order valence-corrected chi connectivity index (χ1v) is 33.7. The summed E-state index contributed by atoms with van der Waals surface area (Å²) in [6.45, 7) is 3.49. The molecule has 9 atom stereocenters. The zero-order chi connectivity index (χ0) is 56.8. The second kappa shape index (κ2) is 56.1. The number of aliphatic hydroxyl groups is 7. The molecule has 0 radical (unpaired) electrons. The molecular weight excluding hydrogens is 979 g/mol. The first-order valence-electron chi connectivity index (χ1n) is 33.7. The van der Waals surface area contributed by atoms with E-state index in [1.165, 1.54) is 244 Å². The summed E-state index contributed by atoms with van der Waals surface area (Å²) >= 11 is 0. The SMILES string of the molecule is CCCCCCCCCCCCCCCCCCCCCCC/C=C/CC/C=C/CCCC(O)C(O)C(COC1OC(CO)C(O)C(O)C1O)NC(=O)C(O)CCCCCCCCCCCCCCCCCCCCCCC. The first-order chi connectivity index (χ1) is 38.2. The Morgan fingerprint density at radius 1 is 0.436 bits per heavy atom. The Morgan fingerprint density at radius 3 is 1.14 bits per heavy atom. The second-order valence-electron chi connectivity index (χ2n) is 23.9. The summed E-state index contributed by atoms with van der Waals surface area (Å²) in [6.07, 6.45) is 58.3. The minimum atomic E-state index is -1.67. The van der Waals surface area contributed by atoms with Gasteiger partial charge in [0.1, 0.15) is 36.6 Å². The monoisotopic (exact) mass is 1110 g/mol. The average molecular weight is 1110 g/mol. The third-order valence-electron chi connectivity index (χ3n) is 16.5. The minimum Gasteiger partial charge on any atom is -0.394 e. The molecular formula is C67H129NO10. The molecule has 1 aliphatic rings. The lowest BCUT2D eigenvalue weighted by Gasteiger charge is -2.40. The molecule has 0 aliphatic carbocycles. The number of hydrogen-bond acceptors (Lipinski definition) is 10. The lowest BCUT2D eigenvalue weighted by Crippen LogP contribution is -2.60. The van der Waals surface area contributed by atoms with E-state index < -0.39 is 74.2 Å². The molecule has 1 heterocycles. The third-order valence-corrected chi connectivity index (χ3v) is 16.5. The molecule has 0 bridgehead atoms. The molecule has 11 nitrogen and oxygen atoms in total. The zero-order valence-corrected chi connectivity index (χ0v) is 50.9. The number of carbonyl (C=O) groups excluding carboxylic acids is 1. The van der Waals surface area contributed by atoms with Crippen molar-refractivity contribution in [1.29, 1.82) is 0 Å². The maximum Gasteiger partial charge on any atom is 0.249 e. The molecule has 11 heteroatoms. The van der Waals surface area contributed by atoms with Gasteiger partial charge in [-0.1, -0.05) is 301 Å². The highest BCUT2D eigenvalue weighted by Gasteiger charge is 2.44. The number of amides is 1. The fourth-order valence-corrected chi connectivity index (χ4v) is 11.1. The molecule has 0 aromatic heterocycles. The van der Waals surface area contributed by atoms with Crippen LogP contribution in [0.25, 0.3) is 0 Å². The standard InChI is InChI=1S/C67H129NO10/c1-3-5-7-9-11-13-15-17-19-21-23-25-26-27-28-29-30-31-32-33-35-36-38-40-42-44-46-48-50-52-54-59(70)62(72)58(57-77-67-65(75)64(74)63(73)61(56-69)78-67)68-66(76)60(71)55-53-51-49-47-45-43-41-39-37-34-24-22-20-18-16-14-12-10-8-6-4-2/h38,40,46,48,58-65,67,69-75H,3-37,39,41-45,47,49-57H2,1-2H3,(H,68,76)/b40-38+,48-46+. The summed E-state index contributed by atoms with van der Waals surface area (Å²) in [5.74, 6) is -0.704. The molecule has 9 unspecified atom stereocenters. The van der Waals surface area contributed by atoms with Gasteiger partial charge < -0.3 is 50.5 Å². The number of aliphatic hydroxyl groups excluding tert-OH is 7. The van der Waals surface area contributed by atoms with Crippen LogP contribution in [0.15, 0.2) is 24.3 Å². The van der Waals surface area contributed by atoms with Crippen LogP contribution < -0.4 is 5.32 Å². The quantitative estimate of drug-likeness (QED) is 0.0215. The Labute approximate surface area is 480 Å². The third kappa shape index (κ3) is 43.3. The van der Waals surface area contributed by atoms with Crippen LogP contribution in [0.5, 0.6) is 0 Å². The molecule has 8 N–H and O–H groups in total. The Bertz CT molecular complexity index is 1320. The summed E-state index contributed by atoms with van der Waals surface area (Å²) in [4.78, 5) is 13.2. The fourth-order valence-electron chi connectivity index (χ4n) is 11.1. The largest absolute Gasteiger partial charge is 0.394 e. The number of rotatable bonds is 59. The number of nitrogens with one attached hydrogen (secondary N) is 1. The molecule has 0 aromatic rings. The van der Waals surface area contributed by atoms with E-state index in [0.29, 0.717) is 19.3 Å². The van der Waals surface area contributed by atoms with Gasteiger partial charge in [0, 0.05) is 0 Å². The second-order valence-corrected chi connectivity index (χ2v) is 23.9.